The number of thiazole rings is 1. The van der Waals surface area contributed by atoms with Gasteiger partial charge in [-0.15, -0.1) is 0 Å². The van der Waals surface area contributed by atoms with Crippen LogP contribution < -0.4 is 5.56 Å². The van der Waals surface area contributed by atoms with Gasteiger partial charge < -0.3 is 0 Å². The van der Waals surface area contributed by atoms with Crippen LogP contribution in [0.5, 0.6) is 0 Å². The first-order chi connectivity index (χ1) is 12.2. The summed E-state index contributed by atoms with van der Waals surface area (Å²) in [5.41, 5.74) is 3.19. The molecule has 3 nitrogen and oxygen atoms in total. The van der Waals surface area contributed by atoms with Crippen molar-refractivity contribution in [3.8, 4) is 11.1 Å². The monoisotopic (exact) mass is 346 g/mol. The van der Waals surface area contributed by atoms with E-state index in [0.717, 1.165) is 21.3 Å². The number of aromatic nitrogens is 2. The normalized spacial score (nSPS) is 11.6. The van der Waals surface area contributed by atoms with Crippen molar-refractivity contribution in [1.82, 2.24) is 9.38 Å². The van der Waals surface area contributed by atoms with Crippen LogP contribution in [0.15, 0.2) is 71.5 Å². The number of hydrogen-bond acceptors (Lipinski definition) is 3. The highest BCUT2D eigenvalue weighted by Gasteiger charge is 2.12. The zero-order valence-corrected chi connectivity index (χ0v) is 13.8. The zero-order valence-electron chi connectivity index (χ0n) is 12.9. The number of halogens is 1. The van der Waals surface area contributed by atoms with Crippen molar-refractivity contribution in [2.75, 3.05) is 0 Å². The maximum absolute atomic E-state index is 13.1. The van der Waals surface area contributed by atoms with E-state index in [9.17, 15) is 9.18 Å². The molecular weight excluding hydrogens is 335 g/mol. The molecule has 0 aliphatic rings. The maximum atomic E-state index is 13.1. The van der Waals surface area contributed by atoms with Gasteiger partial charge in [0.2, 0.25) is 0 Å². The average Bonchev–Trinajstić information content (AvgIpc) is 3.01. The molecule has 0 bridgehead atoms. The molecule has 0 amide bonds. The quantitative estimate of drug-likeness (QED) is 0.434. The molecule has 2 aromatic heterocycles. The van der Waals surface area contributed by atoms with Gasteiger partial charge in [0.15, 0.2) is 4.96 Å². The standard InChI is InChI=1S/C20H11FN2OS/c21-14-8-5-12(6-9-14)13-7-10-16-15(11-13)19(24)23-17-3-1-2-4-18(17)25-20(23)22-16/h1-11H. The van der Waals surface area contributed by atoms with E-state index < -0.39 is 0 Å². The summed E-state index contributed by atoms with van der Waals surface area (Å²) in [5, 5.41) is 0.558. The molecule has 0 radical (unpaired) electrons. The Morgan fingerprint density at radius 3 is 2.52 bits per heavy atom. The molecule has 25 heavy (non-hydrogen) atoms. The second-order valence-electron chi connectivity index (χ2n) is 5.84. The summed E-state index contributed by atoms with van der Waals surface area (Å²) in [7, 11) is 0. The molecule has 0 saturated heterocycles. The predicted molar refractivity (Wildman–Crippen MR) is 99.7 cm³/mol. The molecule has 0 N–H and O–H groups in total. The Hall–Kier alpha value is -3.05. The van der Waals surface area contributed by atoms with Crippen LogP contribution in [-0.4, -0.2) is 9.38 Å². The number of rotatable bonds is 1. The summed E-state index contributed by atoms with van der Waals surface area (Å²) < 4.78 is 15.8. The zero-order chi connectivity index (χ0) is 17.0. The van der Waals surface area contributed by atoms with Crippen LogP contribution in [0.1, 0.15) is 0 Å². The fourth-order valence-corrected chi connectivity index (χ4v) is 4.12. The van der Waals surface area contributed by atoms with Gasteiger partial charge in [0, 0.05) is 0 Å². The van der Waals surface area contributed by atoms with Crippen LogP contribution in [0, 0.1) is 5.82 Å². The third-order valence-corrected chi connectivity index (χ3v) is 5.34. The van der Waals surface area contributed by atoms with Gasteiger partial charge in [-0.1, -0.05) is 41.7 Å². The topological polar surface area (TPSA) is 34.4 Å². The molecule has 0 spiro atoms. The molecule has 2 heterocycles. The lowest BCUT2D eigenvalue weighted by atomic mass is 10.0. The van der Waals surface area contributed by atoms with Crippen LogP contribution in [0.2, 0.25) is 0 Å². The van der Waals surface area contributed by atoms with Crippen molar-refractivity contribution in [2.24, 2.45) is 0 Å². The summed E-state index contributed by atoms with van der Waals surface area (Å²) in [5.74, 6) is -0.280. The van der Waals surface area contributed by atoms with Gasteiger partial charge in [-0.25, -0.2) is 9.37 Å². The first-order valence-corrected chi connectivity index (χ1v) is 8.62. The minimum Gasteiger partial charge on any atom is -0.268 e. The second-order valence-corrected chi connectivity index (χ2v) is 6.85. The van der Waals surface area contributed by atoms with Crippen LogP contribution in [0.4, 0.5) is 4.39 Å². The van der Waals surface area contributed by atoms with E-state index in [4.69, 9.17) is 0 Å². The van der Waals surface area contributed by atoms with Crippen molar-refractivity contribution in [2.45, 2.75) is 0 Å². The Morgan fingerprint density at radius 1 is 0.920 bits per heavy atom. The summed E-state index contributed by atoms with van der Waals surface area (Å²) in [4.78, 5) is 18.4. The number of fused-ring (bicyclic) bond motifs is 4. The van der Waals surface area contributed by atoms with Gasteiger partial charge in [-0.05, 0) is 47.5 Å². The summed E-state index contributed by atoms with van der Waals surface area (Å²) in [6.07, 6.45) is 0. The molecule has 3 aromatic carbocycles. The molecule has 0 aliphatic heterocycles. The Morgan fingerprint density at radius 2 is 1.68 bits per heavy atom. The first kappa shape index (κ1) is 14.3. The molecule has 0 saturated carbocycles. The van der Waals surface area contributed by atoms with Gasteiger partial charge in [-0.2, -0.15) is 0 Å². The fraction of sp³-hybridized carbons (Fsp3) is 0. The predicted octanol–water partition coefficient (Wildman–Crippen LogP) is 4.87. The largest absolute Gasteiger partial charge is 0.268 e. The highest BCUT2D eigenvalue weighted by Crippen LogP contribution is 2.27. The lowest BCUT2D eigenvalue weighted by Crippen LogP contribution is -2.13. The first-order valence-electron chi connectivity index (χ1n) is 7.81. The number of benzene rings is 3. The van der Waals surface area contributed by atoms with E-state index in [0.29, 0.717) is 15.9 Å². The van der Waals surface area contributed by atoms with Crippen LogP contribution in [-0.2, 0) is 0 Å². The van der Waals surface area contributed by atoms with E-state index in [1.807, 2.05) is 42.5 Å². The molecule has 0 unspecified atom stereocenters. The van der Waals surface area contributed by atoms with Crippen LogP contribution in [0.25, 0.3) is 37.2 Å². The second kappa shape index (κ2) is 5.22. The molecule has 5 heteroatoms. The molecule has 0 atom stereocenters. The van der Waals surface area contributed by atoms with Gasteiger partial charge in [0.1, 0.15) is 5.82 Å². The van der Waals surface area contributed by atoms with Gasteiger partial charge in [-0.3, -0.25) is 9.20 Å². The maximum Gasteiger partial charge on any atom is 0.266 e. The Labute approximate surface area is 145 Å². The lowest BCUT2D eigenvalue weighted by Gasteiger charge is -2.04. The van der Waals surface area contributed by atoms with Crippen molar-refractivity contribution < 1.29 is 4.39 Å². The smallest absolute Gasteiger partial charge is 0.266 e. The fourth-order valence-electron chi connectivity index (χ4n) is 3.09. The average molecular weight is 346 g/mol. The van der Waals surface area contributed by atoms with Crippen LogP contribution in [0.3, 0.4) is 0 Å². The van der Waals surface area contributed by atoms with Gasteiger partial charge in [0.25, 0.3) is 5.56 Å². The molecule has 0 aliphatic carbocycles. The molecule has 120 valence electrons. The molecular formula is C20H11FN2OS. The highest BCUT2D eigenvalue weighted by molar-refractivity contribution is 7.23. The number of nitrogens with zero attached hydrogens (tertiary/aromatic N) is 2. The highest BCUT2D eigenvalue weighted by atomic mass is 32.1. The molecule has 0 fully saturated rings. The number of para-hydroxylation sites is 1. The van der Waals surface area contributed by atoms with Crippen molar-refractivity contribution >= 4 is 37.4 Å². The van der Waals surface area contributed by atoms with Gasteiger partial charge in [0.05, 0.1) is 21.1 Å². The molecule has 5 rings (SSSR count). The van der Waals surface area contributed by atoms with Crippen molar-refractivity contribution in [3.63, 3.8) is 0 Å². The van der Waals surface area contributed by atoms with Crippen molar-refractivity contribution in [3.05, 3.63) is 82.9 Å². The van der Waals surface area contributed by atoms with Gasteiger partial charge >= 0.3 is 0 Å². The summed E-state index contributed by atoms with van der Waals surface area (Å²) >= 11 is 1.50. The van der Waals surface area contributed by atoms with Crippen molar-refractivity contribution in [1.29, 1.82) is 0 Å². The summed E-state index contributed by atoms with van der Waals surface area (Å²) in [6.45, 7) is 0. The van der Waals surface area contributed by atoms with E-state index in [1.165, 1.54) is 23.5 Å². The third kappa shape index (κ3) is 2.16. The van der Waals surface area contributed by atoms with E-state index in [-0.39, 0.29) is 11.4 Å². The minimum atomic E-state index is -0.280. The third-order valence-electron chi connectivity index (χ3n) is 4.32. The van der Waals surface area contributed by atoms with E-state index in [1.54, 1.807) is 16.5 Å². The molecule has 5 aromatic rings. The Bertz CT molecular complexity index is 1320. The van der Waals surface area contributed by atoms with E-state index in [2.05, 4.69) is 4.98 Å². The summed E-state index contributed by atoms with van der Waals surface area (Å²) in [6, 6.07) is 19.6. The van der Waals surface area contributed by atoms with E-state index >= 15 is 0 Å². The lowest BCUT2D eigenvalue weighted by molar-refractivity contribution is 0.628. The van der Waals surface area contributed by atoms with Crippen LogP contribution >= 0.6 is 11.3 Å². The Balaban J connectivity index is 1.84. The SMILES string of the molecule is O=c1c2cc(-c3ccc(F)cc3)ccc2nc2sc3ccccc3n12. The number of hydrogen-bond donors (Lipinski definition) is 0. The Kier molecular flexibility index (Phi) is 2.99. The minimum absolute atomic E-state index is 0.0820.